The average molecular weight is 366 g/mol. The summed E-state index contributed by atoms with van der Waals surface area (Å²) >= 11 is 0. The average Bonchev–Trinajstić information content (AvgIpc) is 3.22. The van der Waals surface area contributed by atoms with Gasteiger partial charge in [-0.1, -0.05) is 18.2 Å². The Morgan fingerprint density at radius 1 is 1.30 bits per heavy atom. The summed E-state index contributed by atoms with van der Waals surface area (Å²) < 4.78 is 3.45. The van der Waals surface area contributed by atoms with Gasteiger partial charge in [0.1, 0.15) is 5.82 Å². The third kappa shape index (κ3) is 3.55. The zero-order valence-electron chi connectivity index (χ0n) is 15.2. The molecule has 0 aliphatic carbocycles. The predicted octanol–water partition coefficient (Wildman–Crippen LogP) is 1.37. The van der Waals surface area contributed by atoms with E-state index in [1.807, 2.05) is 48.3 Å². The van der Waals surface area contributed by atoms with Crippen molar-refractivity contribution in [3.8, 4) is 5.69 Å². The maximum atomic E-state index is 12.9. The molecule has 1 amide bonds. The van der Waals surface area contributed by atoms with E-state index in [0.29, 0.717) is 32.4 Å². The number of rotatable bonds is 4. The summed E-state index contributed by atoms with van der Waals surface area (Å²) in [6, 6.07) is 9.88. The number of hydrogen-bond donors (Lipinski definition) is 1. The van der Waals surface area contributed by atoms with Gasteiger partial charge in [-0.25, -0.2) is 14.6 Å². The highest BCUT2D eigenvalue weighted by Gasteiger charge is 2.26. The first-order chi connectivity index (χ1) is 13.1. The molecule has 0 radical (unpaired) electrons. The summed E-state index contributed by atoms with van der Waals surface area (Å²) in [7, 11) is 1.82. The number of para-hydroxylation sites is 1. The maximum absolute atomic E-state index is 12.9. The number of carbonyl (C=O) groups is 1. The zero-order valence-corrected chi connectivity index (χ0v) is 15.2. The minimum atomic E-state index is -0.195. The molecule has 3 heterocycles. The Kier molecular flexibility index (Phi) is 4.62. The van der Waals surface area contributed by atoms with Crippen LogP contribution in [0.2, 0.25) is 0 Å². The number of nitrogens with one attached hydrogen (secondary N) is 1. The van der Waals surface area contributed by atoms with Crippen LogP contribution in [-0.4, -0.2) is 42.4 Å². The Balaban J connectivity index is 1.40. The largest absolute Gasteiger partial charge is 0.343 e. The molecule has 0 saturated heterocycles. The Bertz CT molecular complexity index is 987. The molecule has 1 aromatic carbocycles. The van der Waals surface area contributed by atoms with E-state index in [4.69, 9.17) is 0 Å². The minimum absolute atomic E-state index is 0.0970. The molecule has 140 valence electrons. The van der Waals surface area contributed by atoms with Crippen molar-refractivity contribution in [3.05, 3.63) is 64.6 Å². The van der Waals surface area contributed by atoms with Crippen LogP contribution >= 0.6 is 0 Å². The highest BCUT2D eigenvalue weighted by molar-refractivity contribution is 5.78. The number of aryl methyl sites for hydroxylation is 1. The molecule has 1 atom stereocenters. The van der Waals surface area contributed by atoms with Gasteiger partial charge in [0.15, 0.2) is 0 Å². The van der Waals surface area contributed by atoms with Gasteiger partial charge in [-0.05, 0) is 25.0 Å². The minimum Gasteiger partial charge on any atom is -0.341 e. The van der Waals surface area contributed by atoms with Gasteiger partial charge in [0, 0.05) is 44.2 Å². The van der Waals surface area contributed by atoms with Gasteiger partial charge in [-0.15, -0.1) is 0 Å². The van der Waals surface area contributed by atoms with E-state index < -0.39 is 0 Å². The Morgan fingerprint density at radius 2 is 2.11 bits per heavy atom. The highest BCUT2D eigenvalue weighted by Crippen LogP contribution is 2.20. The lowest BCUT2D eigenvalue weighted by atomic mass is 9.98. The summed E-state index contributed by atoms with van der Waals surface area (Å²) in [5, 5.41) is 10.9. The van der Waals surface area contributed by atoms with Crippen LogP contribution in [-0.2, 0) is 24.3 Å². The van der Waals surface area contributed by atoms with Crippen LogP contribution in [0.15, 0.2) is 47.5 Å². The normalized spacial score (nSPS) is 16.6. The number of aromatic amines is 1. The number of H-pyrrole nitrogens is 1. The predicted molar refractivity (Wildman–Crippen MR) is 99.3 cm³/mol. The first-order valence-electron chi connectivity index (χ1n) is 9.10. The molecule has 1 aliphatic rings. The van der Waals surface area contributed by atoms with Crippen LogP contribution < -0.4 is 5.69 Å². The monoisotopic (exact) mass is 366 g/mol. The van der Waals surface area contributed by atoms with Crippen molar-refractivity contribution in [3.63, 3.8) is 0 Å². The summed E-state index contributed by atoms with van der Waals surface area (Å²) in [4.78, 5) is 26.3. The van der Waals surface area contributed by atoms with Crippen LogP contribution in [0.3, 0.4) is 0 Å². The van der Waals surface area contributed by atoms with Gasteiger partial charge in [0.2, 0.25) is 5.91 Å². The Hall–Kier alpha value is -3.16. The SMILES string of the molecule is CN(Cc1cnn(-c2ccccc2)c1)C(=O)C1CCc2n[nH]c(=O)n2CC1. The van der Waals surface area contributed by atoms with Gasteiger partial charge < -0.3 is 4.90 Å². The molecule has 2 aromatic heterocycles. The van der Waals surface area contributed by atoms with Gasteiger partial charge in [0.05, 0.1) is 11.9 Å². The second-order valence-corrected chi connectivity index (χ2v) is 6.94. The topological polar surface area (TPSA) is 88.8 Å². The Labute approximate surface area is 156 Å². The first-order valence-corrected chi connectivity index (χ1v) is 9.10. The smallest absolute Gasteiger partial charge is 0.341 e. The molecule has 0 bridgehead atoms. The third-order valence-electron chi connectivity index (χ3n) is 5.06. The molecule has 3 aromatic rings. The van der Waals surface area contributed by atoms with Crippen molar-refractivity contribution in [1.29, 1.82) is 0 Å². The lowest BCUT2D eigenvalue weighted by molar-refractivity contribution is -0.135. The fourth-order valence-electron chi connectivity index (χ4n) is 3.58. The molecule has 8 heteroatoms. The van der Waals surface area contributed by atoms with Crippen molar-refractivity contribution < 1.29 is 4.79 Å². The summed E-state index contributed by atoms with van der Waals surface area (Å²) in [5.74, 6) is 0.743. The highest BCUT2D eigenvalue weighted by atomic mass is 16.2. The summed E-state index contributed by atoms with van der Waals surface area (Å²) in [6.45, 7) is 1.04. The van der Waals surface area contributed by atoms with Gasteiger partial charge >= 0.3 is 5.69 Å². The fourth-order valence-corrected chi connectivity index (χ4v) is 3.58. The molecule has 0 spiro atoms. The van der Waals surface area contributed by atoms with Crippen molar-refractivity contribution in [2.24, 2.45) is 5.92 Å². The number of nitrogens with zero attached hydrogens (tertiary/aromatic N) is 5. The van der Waals surface area contributed by atoms with E-state index in [9.17, 15) is 9.59 Å². The van der Waals surface area contributed by atoms with Crippen molar-refractivity contribution in [1.82, 2.24) is 29.4 Å². The van der Waals surface area contributed by atoms with Crippen LogP contribution in [0.4, 0.5) is 0 Å². The lowest BCUT2D eigenvalue weighted by Crippen LogP contribution is -2.33. The fraction of sp³-hybridized carbons (Fsp3) is 0.368. The van der Waals surface area contributed by atoms with Gasteiger partial charge in [0.25, 0.3) is 0 Å². The summed E-state index contributed by atoms with van der Waals surface area (Å²) in [5.41, 5.74) is 1.77. The van der Waals surface area contributed by atoms with E-state index in [0.717, 1.165) is 17.1 Å². The van der Waals surface area contributed by atoms with E-state index in [1.54, 1.807) is 15.7 Å². The molecule has 0 saturated carbocycles. The van der Waals surface area contributed by atoms with Crippen molar-refractivity contribution in [2.45, 2.75) is 32.4 Å². The number of carbonyl (C=O) groups excluding carboxylic acids is 1. The molecule has 1 aliphatic heterocycles. The Morgan fingerprint density at radius 3 is 2.93 bits per heavy atom. The lowest BCUT2D eigenvalue weighted by Gasteiger charge is -2.22. The van der Waals surface area contributed by atoms with E-state index >= 15 is 0 Å². The van der Waals surface area contributed by atoms with E-state index in [-0.39, 0.29) is 17.5 Å². The van der Waals surface area contributed by atoms with Crippen molar-refractivity contribution >= 4 is 5.91 Å². The third-order valence-corrected chi connectivity index (χ3v) is 5.06. The van der Waals surface area contributed by atoms with Crippen molar-refractivity contribution in [2.75, 3.05) is 7.05 Å². The summed E-state index contributed by atoms with van der Waals surface area (Å²) in [6.07, 6.45) is 5.73. The number of aromatic nitrogens is 5. The molecular weight excluding hydrogens is 344 g/mol. The van der Waals surface area contributed by atoms with Gasteiger partial charge in [-0.3, -0.25) is 9.36 Å². The van der Waals surface area contributed by atoms with Crippen LogP contribution in [0.25, 0.3) is 5.69 Å². The van der Waals surface area contributed by atoms with E-state index in [1.165, 1.54) is 0 Å². The van der Waals surface area contributed by atoms with E-state index in [2.05, 4.69) is 15.3 Å². The number of amides is 1. The maximum Gasteiger partial charge on any atom is 0.343 e. The molecule has 0 fully saturated rings. The quantitative estimate of drug-likeness (QED) is 0.755. The molecule has 8 nitrogen and oxygen atoms in total. The molecular formula is C19H22N6O2. The molecule has 27 heavy (non-hydrogen) atoms. The number of fused-ring (bicyclic) bond motifs is 1. The number of hydrogen-bond acceptors (Lipinski definition) is 4. The molecule has 1 N–H and O–H groups in total. The van der Waals surface area contributed by atoms with Crippen LogP contribution in [0.1, 0.15) is 24.2 Å². The first kappa shape index (κ1) is 17.3. The zero-order chi connectivity index (χ0) is 18.8. The molecule has 4 rings (SSSR count). The number of benzene rings is 1. The second-order valence-electron chi connectivity index (χ2n) is 6.94. The van der Waals surface area contributed by atoms with Gasteiger partial charge in [-0.2, -0.15) is 10.2 Å². The second kappa shape index (κ2) is 7.22. The molecule has 1 unspecified atom stereocenters. The van der Waals surface area contributed by atoms with Crippen LogP contribution in [0.5, 0.6) is 0 Å². The van der Waals surface area contributed by atoms with Crippen LogP contribution in [0, 0.1) is 5.92 Å². The standard InChI is InChI=1S/C19H22N6O2/c1-23(12-14-11-20-25(13-14)16-5-3-2-4-6-16)18(26)15-7-8-17-21-22-19(27)24(17)10-9-15/h2-6,11,13,15H,7-10,12H2,1H3,(H,22,27).